The predicted octanol–water partition coefficient (Wildman–Crippen LogP) is 0.399. The van der Waals surface area contributed by atoms with Crippen LogP contribution in [0.5, 0.6) is 0 Å². The van der Waals surface area contributed by atoms with E-state index in [0.29, 0.717) is 0 Å². The summed E-state index contributed by atoms with van der Waals surface area (Å²) in [6.07, 6.45) is -1.74. The van der Waals surface area contributed by atoms with E-state index in [0.717, 1.165) is 0 Å². The molecule has 0 atom stereocenters. The van der Waals surface area contributed by atoms with E-state index in [1.54, 1.807) is 0 Å². The van der Waals surface area contributed by atoms with Crippen LogP contribution in [0.3, 0.4) is 0 Å². The lowest BCUT2D eigenvalue weighted by Crippen LogP contribution is -1.97. The Morgan fingerprint density at radius 2 is 2.17 bits per heavy atom. The summed E-state index contributed by atoms with van der Waals surface area (Å²) < 4.78 is 45.6. The second kappa shape index (κ2) is 2.50. The Morgan fingerprint density at radius 1 is 1.67 bits per heavy atom. The van der Waals surface area contributed by atoms with Crippen LogP contribution in [0.25, 0.3) is 0 Å². The molecule has 0 aromatic carbocycles. The van der Waals surface area contributed by atoms with Gasteiger partial charge >= 0.3 is 6.16 Å². The molecule has 3 nitrogen and oxygen atoms in total. The fraction of sp³-hybridized carbons (Fsp3) is 0.667. The minimum absolute atomic E-state index is 1.74. The smallest absolute Gasteiger partial charge is 0.438 e. The molecule has 0 unspecified atom stereocenters. The van der Waals surface area contributed by atoms with E-state index in [2.05, 4.69) is 9.47 Å². The Kier molecular flexibility index (Phi) is 0.380. The topological polar surface area (TPSA) is 35.5 Å². The Hall–Kier alpha value is -0.730. The molecule has 0 saturated heterocycles. The van der Waals surface area contributed by atoms with Crippen molar-refractivity contribution in [1.29, 1.82) is 0 Å². The Morgan fingerprint density at radius 3 is 2.50 bits per heavy atom. The van der Waals surface area contributed by atoms with Crippen LogP contribution < -0.4 is 0 Å². The molecule has 0 bridgehead atoms. The number of carbonyl (C=O) groups excluding carboxylic acids is 1. The molecule has 0 aliphatic carbocycles. The first-order valence-corrected chi connectivity index (χ1v) is 1.02. The number of ether oxygens (including phenoxy) is 2. The fourth-order valence-electron chi connectivity index (χ4n) is 0.0208. The molecule has 0 saturated carbocycles. The standard InChI is InChI=1S/C3H6O3/c1-5-3(4)6-2/h1-2H3/i1D3,2D3. The van der Waals surface area contributed by atoms with Crippen molar-refractivity contribution < 1.29 is 22.5 Å². The van der Waals surface area contributed by atoms with Gasteiger partial charge in [-0.15, -0.1) is 0 Å². The molecule has 0 aromatic heterocycles. The Labute approximate surface area is 44.3 Å². The van der Waals surface area contributed by atoms with Crippen molar-refractivity contribution in [2.24, 2.45) is 0 Å². The second-order valence-corrected chi connectivity index (χ2v) is 0.454. The first-order chi connectivity index (χ1) is 5.10. The lowest BCUT2D eigenvalue weighted by atomic mass is 11.3. The monoisotopic (exact) mass is 96.1 g/mol. The molecule has 0 spiro atoms. The van der Waals surface area contributed by atoms with Crippen LogP contribution in [0.4, 0.5) is 4.79 Å². The van der Waals surface area contributed by atoms with E-state index in [-0.39, 0.29) is 0 Å². The van der Waals surface area contributed by atoms with Gasteiger partial charge in [0, 0.05) is 0 Å². The molecular weight excluding hydrogens is 84.0 g/mol. The van der Waals surface area contributed by atoms with Gasteiger partial charge in [-0.1, -0.05) is 0 Å². The third-order valence-electron chi connectivity index (χ3n) is 0.167. The van der Waals surface area contributed by atoms with Crippen LogP contribution >= 0.6 is 0 Å². The van der Waals surface area contributed by atoms with Gasteiger partial charge in [-0.2, -0.15) is 0 Å². The summed E-state index contributed by atoms with van der Waals surface area (Å²) in [5.41, 5.74) is 0. The average molecular weight is 96.1 g/mol. The molecule has 6 heavy (non-hydrogen) atoms. The molecule has 0 aliphatic heterocycles. The molecule has 0 N–H and O–H groups in total. The minimum Gasteiger partial charge on any atom is -0.438 e. The van der Waals surface area contributed by atoms with Gasteiger partial charge in [-0.25, -0.2) is 4.79 Å². The largest absolute Gasteiger partial charge is 0.507 e. The van der Waals surface area contributed by atoms with Gasteiger partial charge < -0.3 is 9.47 Å². The summed E-state index contributed by atoms with van der Waals surface area (Å²) in [5, 5.41) is 0. The maximum Gasteiger partial charge on any atom is 0.507 e. The van der Waals surface area contributed by atoms with E-state index in [9.17, 15) is 4.79 Å². The molecule has 0 amide bonds. The Bertz CT molecular complexity index is 150. The van der Waals surface area contributed by atoms with Crippen LogP contribution in [-0.2, 0) is 9.47 Å². The highest BCUT2D eigenvalue weighted by molar-refractivity contribution is 5.59. The third-order valence-corrected chi connectivity index (χ3v) is 0.167. The SMILES string of the molecule is [2H]C([2H])([2H])OC(=O)OC([2H])([2H])[2H]. The molecule has 0 heterocycles. The molecule has 0 aromatic rings. The maximum absolute atomic E-state index is 10.3. The average Bonchev–Trinajstić information content (AvgIpc) is 1.49. The summed E-state index contributed by atoms with van der Waals surface area (Å²) in [6.45, 7) is 0. The van der Waals surface area contributed by atoms with Crippen molar-refractivity contribution in [3.05, 3.63) is 0 Å². The van der Waals surface area contributed by atoms with Crippen molar-refractivity contribution in [3.63, 3.8) is 0 Å². The summed E-state index contributed by atoms with van der Waals surface area (Å²) in [4.78, 5) is 10.3. The first kappa shape index (κ1) is 0.911. The number of hydrogen-bond donors (Lipinski definition) is 0. The van der Waals surface area contributed by atoms with Crippen molar-refractivity contribution in [2.45, 2.75) is 0 Å². The van der Waals surface area contributed by atoms with E-state index < -0.39 is 20.2 Å². The fourth-order valence-corrected chi connectivity index (χ4v) is 0.0208. The van der Waals surface area contributed by atoms with Crippen LogP contribution in [0.1, 0.15) is 8.22 Å². The van der Waals surface area contributed by atoms with Crippen LogP contribution in [0.15, 0.2) is 0 Å². The number of methoxy groups -OCH3 is 2. The molecule has 36 valence electrons. The number of hydrogen-bond acceptors (Lipinski definition) is 3. The van der Waals surface area contributed by atoms with Gasteiger partial charge in [0.05, 0.1) is 22.3 Å². The molecule has 0 rings (SSSR count). The van der Waals surface area contributed by atoms with E-state index >= 15 is 0 Å². The summed E-state index contributed by atoms with van der Waals surface area (Å²) in [7, 11) is -5.97. The zero-order chi connectivity index (χ0) is 9.99. The van der Waals surface area contributed by atoms with Gasteiger partial charge in [-0.3, -0.25) is 0 Å². The quantitative estimate of drug-likeness (QED) is 0.409. The van der Waals surface area contributed by atoms with Crippen LogP contribution in [0, 0.1) is 0 Å². The highest BCUT2D eigenvalue weighted by Gasteiger charge is 1.88. The summed E-state index contributed by atoms with van der Waals surface area (Å²) in [6, 6.07) is 0. The molecular formula is C3H6O3. The lowest BCUT2D eigenvalue weighted by molar-refractivity contribution is 0.0924. The zero-order valence-electron chi connectivity index (χ0n) is 8.72. The van der Waals surface area contributed by atoms with Crippen molar-refractivity contribution in [3.8, 4) is 0 Å². The lowest BCUT2D eigenvalue weighted by Gasteiger charge is -1.89. The van der Waals surface area contributed by atoms with Gasteiger partial charge in [0.15, 0.2) is 0 Å². The van der Waals surface area contributed by atoms with E-state index in [1.165, 1.54) is 0 Å². The highest BCUT2D eigenvalue weighted by Crippen LogP contribution is 1.72. The third kappa shape index (κ3) is 1.58. The summed E-state index contributed by atoms with van der Waals surface area (Å²) >= 11 is 0. The van der Waals surface area contributed by atoms with Crippen molar-refractivity contribution in [2.75, 3.05) is 14.1 Å². The Balaban J connectivity index is 3.92. The molecule has 3 heteroatoms. The van der Waals surface area contributed by atoms with Crippen LogP contribution in [0.2, 0.25) is 0 Å². The van der Waals surface area contributed by atoms with Crippen molar-refractivity contribution >= 4 is 6.16 Å². The predicted molar refractivity (Wildman–Crippen MR) is 19.4 cm³/mol. The highest BCUT2D eigenvalue weighted by atomic mass is 16.7. The van der Waals surface area contributed by atoms with Gasteiger partial charge in [0.1, 0.15) is 0 Å². The van der Waals surface area contributed by atoms with Crippen LogP contribution in [-0.4, -0.2) is 20.2 Å². The number of carbonyl (C=O) groups is 1. The number of rotatable bonds is 0. The van der Waals surface area contributed by atoms with Gasteiger partial charge in [0.2, 0.25) is 0 Å². The zero-order valence-corrected chi connectivity index (χ0v) is 2.72. The molecule has 0 radical (unpaired) electrons. The summed E-state index contributed by atoms with van der Waals surface area (Å²) in [5.74, 6) is 0. The van der Waals surface area contributed by atoms with E-state index in [4.69, 9.17) is 8.22 Å². The maximum atomic E-state index is 10.3. The van der Waals surface area contributed by atoms with Crippen molar-refractivity contribution in [1.82, 2.24) is 0 Å². The van der Waals surface area contributed by atoms with E-state index in [1.807, 2.05) is 0 Å². The molecule has 0 aliphatic rings. The second-order valence-electron chi connectivity index (χ2n) is 0.454. The molecule has 0 fully saturated rings. The van der Waals surface area contributed by atoms with Gasteiger partial charge in [-0.05, 0) is 0 Å². The minimum atomic E-state index is -2.98. The first-order valence-electron chi connectivity index (χ1n) is 4.02. The normalized spacial score (nSPS) is 26.0. The van der Waals surface area contributed by atoms with Gasteiger partial charge in [0.25, 0.3) is 0 Å².